The Kier molecular flexibility index (Phi) is 11.3. The fraction of sp³-hybridized carbons (Fsp3) is 1.00. The van der Waals surface area contributed by atoms with Crippen molar-refractivity contribution >= 4 is 16.4 Å². The van der Waals surface area contributed by atoms with E-state index in [-0.39, 0.29) is 35.7 Å². The molecule has 0 aromatic carbocycles. The summed E-state index contributed by atoms with van der Waals surface area (Å²) in [6, 6.07) is 0.450. The zero-order valence-corrected chi connectivity index (χ0v) is 14.4. The normalized spacial score (nSPS) is 15.3. The van der Waals surface area contributed by atoms with Gasteiger partial charge in [-0.1, -0.05) is 0 Å². The molecule has 0 bridgehead atoms. The van der Waals surface area contributed by atoms with Crippen LogP contribution in [0.2, 0.25) is 6.04 Å². The van der Waals surface area contributed by atoms with Crippen LogP contribution in [0.5, 0.6) is 0 Å². The summed E-state index contributed by atoms with van der Waals surface area (Å²) in [5.41, 5.74) is 0. The van der Waals surface area contributed by atoms with Crippen LogP contribution in [-0.2, 0) is 22.4 Å². The number of hydrogen-bond acceptors (Lipinski definition) is 6. The van der Waals surface area contributed by atoms with Gasteiger partial charge in [0.25, 0.3) is 0 Å². The van der Waals surface area contributed by atoms with Crippen molar-refractivity contribution in [1.82, 2.24) is 0 Å². The third kappa shape index (κ3) is 6.86. The second kappa shape index (κ2) is 9.21. The Balaban J connectivity index is 0. The van der Waals surface area contributed by atoms with Crippen LogP contribution in [-0.4, -0.2) is 43.4 Å². The van der Waals surface area contributed by atoms with Crippen LogP contribution in [0.15, 0.2) is 0 Å². The van der Waals surface area contributed by atoms with Gasteiger partial charge in [0, 0.05) is 40.6 Å². The van der Waals surface area contributed by atoms with E-state index in [2.05, 4.69) is 4.52 Å². The van der Waals surface area contributed by atoms with E-state index >= 15 is 0 Å². The third-order valence-electron chi connectivity index (χ3n) is 2.13. The van der Waals surface area contributed by atoms with Crippen LogP contribution in [0.1, 0.15) is 6.42 Å². The van der Waals surface area contributed by atoms with Crippen molar-refractivity contribution in [3.63, 3.8) is 0 Å². The summed E-state index contributed by atoms with van der Waals surface area (Å²) in [5.74, 6) is 0. The minimum Gasteiger partial charge on any atom is -0.779 e. The molecule has 1 unspecified atom stereocenters. The SMILES string of the molecule is CO[Si](CCCP(=O)([O-])OC)(OC)OC.[Na+]. The average Bonchev–Trinajstić information content (AvgIpc) is 2.25. The fourth-order valence-electron chi connectivity index (χ4n) is 1.14. The standard InChI is InChI=1S/C7H19O6PSi.Na/c1-10-14(8,9)6-5-7-15(11-2,12-3)13-4;/h5-7H2,1-4H3,(H,8,9);/q;+1/p-1. The largest absolute Gasteiger partial charge is 1.00 e. The first kappa shape index (κ1) is 19.6. The van der Waals surface area contributed by atoms with Gasteiger partial charge in [-0.2, -0.15) is 0 Å². The van der Waals surface area contributed by atoms with E-state index < -0.39 is 16.4 Å². The van der Waals surface area contributed by atoms with Gasteiger partial charge in [0.1, 0.15) is 7.60 Å². The molecule has 0 amide bonds. The Bertz CT molecular complexity index is 217. The minimum atomic E-state index is -3.69. The van der Waals surface area contributed by atoms with Crippen LogP contribution < -0.4 is 34.5 Å². The Morgan fingerprint density at radius 3 is 1.88 bits per heavy atom. The summed E-state index contributed by atoms with van der Waals surface area (Å²) < 4.78 is 30.8. The Hall–Kier alpha value is 1.25. The van der Waals surface area contributed by atoms with E-state index in [1.54, 1.807) is 0 Å². The fourth-order valence-corrected chi connectivity index (χ4v) is 3.88. The zero-order valence-electron chi connectivity index (χ0n) is 10.5. The van der Waals surface area contributed by atoms with Gasteiger partial charge >= 0.3 is 38.4 Å². The van der Waals surface area contributed by atoms with Crippen LogP contribution >= 0.6 is 7.60 Å². The molecule has 0 rings (SSSR count). The van der Waals surface area contributed by atoms with Gasteiger partial charge in [-0.15, -0.1) is 0 Å². The molecule has 0 saturated carbocycles. The predicted octanol–water partition coefficient (Wildman–Crippen LogP) is -2.54. The summed E-state index contributed by atoms with van der Waals surface area (Å²) in [4.78, 5) is 11.0. The molecule has 0 aliphatic rings. The molecule has 0 fully saturated rings. The quantitative estimate of drug-likeness (QED) is 0.360. The number of rotatable bonds is 8. The van der Waals surface area contributed by atoms with Gasteiger partial charge < -0.3 is 27.3 Å². The summed E-state index contributed by atoms with van der Waals surface area (Å²) in [5, 5.41) is 0. The molecule has 16 heavy (non-hydrogen) atoms. The molecular weight excluding hydrogens is 262 g/mol. The maximum absolute atomic E-state index is 11.0. The van der Waals surface area contributed by atoms with E-state index in [0.29, 0.717) is 12.5 Å². The Labute approximate surface area is 120 Å². The molecular formula is C7H18NaO6PSi. The monoisotopic (exact) mass is 280 g/mol. The summed E-state index contributed by atoms with van der Waals surface area (Å²) >= 11 is 0. The van der Waals surface area contributed by atoms with Crippen LogP contribution in [0, 0.1) is 0 Å². The first-order valence-corrected chi connectivity index (χ1v) is 8.12. The van der Waals surface area contributed by atoms with E-state index in [1.807, 2.05) is 0 Å². The van der Waals surface area contributed by atoms with Gasteiger partial charge in [-0.25, -0.2) is 0 Å². The van der Waals surface area contributed by atoms with Crippen molar-refractivity contribution in [3.8, 4) is 0 Å². The van der Waals surface area contributed by atoms with Crippen LogP contribution in [0.3, 0.4) is 0 Å². The molecule has 0 aromatic heterocycles. The topological polar surface area (TPSA) is 77.1 Å². The smallest absolute Gasteiger partial charge is 0.779 e. The van der Waals surface area contributed by atoms with Crippen molar-refractivity contribution in [2.45, 2.75) is 12.5 Å². The van der Waals surface area contributed by atoms with Crippen molar-refractivity contribution in [2.24, 2.45) is 0 Å². The summed E-state index contributed by atoms with van der Waals surface area (Å²) in [6.07, 6.45) is 0.366. The molecule has 0 saturated heterocycles. The van der Waals surface area contributed by atoms with Gasteiger partial charge in [0.05, 0.1) is 0 Å². The molecule has 0 heterocycles. The van der Waals surface area contributed by atoms with Crippen LogP contribution in [0.25, 0.3) is 0 Å². The van der Waals surface area contributed by atoms with Crippen molar-refractivity contribution < 1.29 is 56.8 Å². The van der Waals surface area contributed by atoms with Crippen molar-refractivity contribution in [1.29, 1.82) is 0 Å². The molecule has 0 radical (unpaired) electrons. The van der Waals surface area contributed by atoms with Crippen molar-refractivity contribution in [2.75, 3.05) is 34.6 Å². The second-order valence-electron chi connectivity index (χ2n) is 2.92. The van der Waals surface area contributed by atoms with Gasteiger partial charge in [-0.05, 0) is 6.42 Å². The number of hydrogen-bond donors (Lipinski definition) is 0. The van der Waals surface area contributed by atoms with Crippen molar-refractivity contribution in [3.05, 3.63) is 0 Å². The Morgan fingerprint density at radius 1 is 1.12 bits per heavy atom. The molecule has 0 spiro atoms. The van der Waals surface area contributed by atoms with E-state index in [9.17, 15) is 9.46 Å². The molecule has 92 valence electrons. The van der Waals surface area contributed by atoms with Crippen LogP contribution in [0.4, 0.5) is 0 Å². The van der Waals surface area contributed by atoms with Gasteiger partial charge in [0.15, 0.2) is 0 Å². The summed E-state index contributed by atoms with van der Waals surface area (Å²) in [6.45, 7) is 0. The van der Waals surface area contributed by atoms with Gasteiger partial charge in [0.2, 0.25) is 0 Å². The maximum Gasteiger partial charge on any atom is 1.00 e. The second-order valence-corrected chi connectivity index (χ2v) is 8.04. The zero-order chi connectivity index (χ0) is 11.9. The van der Waals surface area contributed by atoms with E-state index in [1.165, 1.54) is 21.3 Å². The van der Waals surface area contributed by atoms with E-state index in [0.717, 1.165) is 7.11 Å². The maximum atomic E-state index is 11.0. The third-order valence-corrected chi connectivity index (χ3v) is 6.38. The predicted molar refractivity (Wildman–Crippen MR) is 55.7 cm³/mol. The molecule has 9 heteroatoms. The first-order valence-electron chi connectivity index (χ1n) is 4.46. The first-order chi connectivity index (χ1) is 6.95. The average molecular weight is 280 g/mol. The molecule has 1 atom stereocenters. The summed E-state index contributed by atoms with van der Waals surface area (Å²) in [7, 11) is -0.700. The molecule has 0 aliphatic heterocycles. The molecule has 0 N–H and O–H groups in total. The Morgan fingerprint density at radius 2 is 1.56 bits per heavy atom. The molecule has 0 aliphatic carbocycles. The van der Waals surface area contributed by atoms with E-state index in [4.69, 9.17) is 13.3 Å². The molecule has 0 aromatic rings. The van der Waals surface area contributed by atoms with Gasteiger partial charge in [-0.3, -0.25) is 0 Å². The minimum absolute atomic E-state index is 0. The molecule has 6 nitrogen and oxygen atoms in total.